The molecule has 1 N–H and O–H groups in total. The van der Waals surface area contributed by atoms with Crippen LogP contribution in [-0.4, -0.2) is 20.9 Å². The highest BCUT2D eigenvalue weighted by molar-refractivity contribution is 9.10. The molecular weight excluding hydrogens is 476 g/mol. The van der Waals surface area contributed by atoms with Crippen molar-refractivity contribution in [3.05, 3.63) is 87.9 Å². The maximum Gasteiger partial charge on any atom is 0.264 e. The molecule has 0 heterocycles. The van der Waals surface area contributed by atoms with Crippen molar-refractivity contribution in [2.24, 2.45) is 0 Å². The van der Waals surface area contributed by atoms with Crippen molar-refractivity contribution in [2.75, 3.05) is 16.2 Å². The van der Waals surface area contributed by atoms with Gasteiger partial charge in [-0.3, -0.25) is 9.10 Å². The number of halogens is 1. The summed E-state index contributed by atoms with van der Waals surface area (Å²) in [4.78, 5) is 13.1. The average Bonchev–Trinajstić information content (AvgIpc) is 2.74. The first-order valence-corrected chi connectivity index (χ1v) is 12.2. The third kappa shape index (κ3) is 5.35. The van der Waals surface area contributed by atoms with Crippen LogP contribution in [0, 0.1) is 13.8 Å². The van der Waals surface area contributed by atoms with Gasteiger partial charge in [-0.15, -0.1) is 0 Å². The van der Waals surface area contributed by atoms with Gasteiger partial charge in [0.1, 0.15) is 6.54 Å². The van der Waals surface area contributed by atoms with Gasteiger partial charge in [-0.05, 0) is 67.8 Å². The van der Waals surface area contributed by atoms with Crippen LogP contribution in [0.5, 0.6) is 0 Å². The molecule has 7 heteroatoms. The predicted octanol–water partition coefficient (Wildman–Crippen LogP) is 5.46. The van der Waals surface area contributed by atoms with E-state index in [9.17, 15) is 13.2 Å². The van der Waals surface area contributed by atoms with Gasteiger partial charge in [0.25, 0.3) is 10.0 Å². The molecular formula is C24H25BrN2O3S. The van der Waals surface area contributed by atoms with E-state index in [0.717, 1.165) is 37.6 Å². The number of nitrogens with one attached hydrogen (secondary N) is 1. The van der Waals surface area contributed by atoms with Crippen molar-refractivity contribution >= 4 is 43.2 Å². The second-order valence-electron chi connectivity index (χ2n) is 7.31. The van der Waals surface area contributed by atoms with Crippen LogP contribution in [0.1, 0.15) is 23.6 Å². The average molecular weight is 501 g/mol. The highest BCUT2D eigenvalue weighted by Gasteiger charge is 2.27. The van der Waals surface area contributed by atoms with Crippen LogP contribution in [0.25, 0.3) is 0 Å². The topological polar surface area (TPSA) is 66.5 Å². The minimum absolute atomic E-state index is 0.138. The molecule has 5 nitrogen and oxygen atoms in total. The number of hydrogen-bond donors (Lipinski definition) is 1. The molecule has 3 aromatic carbocycles. The molecule has 0 aliphatic carbocycles. The molecule has 0 fully saturated rings. The van der Waals surface area contributed by atoms with Gasteiger partial charge in [0.15, 0.2) is 0 Å². The minimum Gasteiger partial charge on any atom is -0.324 e. The third-order valence-corrected chi connectivity index (χ3v) is 7.33. The van der Waals surface area contributed by atoms with E-state index >= 15 is 0 Å². The van der Waals surface area contributed by atoms with E-state index < -0.39 is 15.9 Å². The van der Waals surface area contributed by atoms with Crippen LogP contribution in [0.15, 0.2) is 76.1 Å². The molecule has 0 saturated carbocycles. The molecule has 1 amide bonds. The Kier molecular flexibility index (Phi) is 7.18. The van der Waals surface area contributed by atoms with E-state index in [0.29, 0.717) is 5.69 Å². The van der Waals surface area contributed by atoms with E-state index in [2.05, 4.69) is 21.2 Å². The van der Waals surface area contributed by atoms with Crippen LogP contribution in [0.2, 0.25) is 0 Å². The zero-order valence-corrected chi connectivity index (χ0v) is 20.1. The summed E-state index contributed by atoms with van der Waals surface area (Å²) in [6.07, 6.45) is 0.759. The summed E-state index contributed by atoms with van der Waals surface area (Å²) < 4.78 is 28.8. The highest BCUT2D eigenvalue weighted by atomic mass is 79.9. The van der Waals surface area contributed by atoms with Gasteiger partial charge in [0, 0.05) is 10.2 Å². The third-order valence-electron chi connectivity index (χ3n) is 5.02. The second kappa shape index (κ2) is 9.66. The maximum absolute atomic E-state index is 13.4. The normalized spacial score (nSPS) is 11.2. The number of hydrogen-bond acceptors (Lipinski definition) is 3. The van der Waals surface area contributed by atoms with E-state index in [1.54, 1.807) is 48.5 Å². The Balaban J connectivity index is 1.97. The van der Waals surface area contributed by atoms with Crippen LogP contribution < -0.4 is 9.62 Å². The standard InChI is InChI=1S/C24H25BrN2O3S/c1-4-19-7-5-6-18(3)24(19)26-23(28)16-27(21-12-10-20(25)11-13-21)31(29,30)22-14-8-17(2)9-15-22/h5-15H,4,16H2,1-3H3,(H,26,28). The van der Waals surface area contributed by atoms with Gasteiger partial charge in [0.05, 0.1) is 10.6 Å². The Bertz CT molecular complexity index is 1170. The number of carbonyl (C=O) groups excluding carboxylic acids is 1. The van der Waals surface area contributed by atoms with Crippen molar-refractivity contribution < 1.29 is 13.2 Å². The summed E-state index contributed by atoms with van der Waals surface area (Å²) in [6, 6.07) is 19.3. The summed E-state index contributed by atoms with van der Waals surface area (Å²) in [5.41, 5.74) is 4.05. The fourth-order valence-electron chi connectivity index (χ4n) is 3.27. The first-order chi connectivity index (χ1) is 14.7. The monoisotopic (exact) mass is 500 g/mol. The molecule has 0 bridgehead atoms. The smallest absolute Gasteiger partial charge is 0.264 e. The number of rotatable bonds is 7. The number of benzene rings is 3. The number of anilines is 2. The molecule has 0 unspecified atom stereocenters. The minimum atomic E-state index is -3.94. The van der Waals surface area contributed by atoms with Crippen LogP contribution in [0.3, 0.4) is 0 Å². The van der Waals surface area contributed by atoms with Crippen LogP contribution in [0.4, 0.5) is 11.4 Å². The van der Waals surface area contributed by atoms with Gasteiger partial charge < -0.3 is 5.32 Å². The number of carbonyl (C=O) groups is 1. The molecule has 0 aliphatic rings. The summed E-state index contributed by atoms with van der Waals surface area (Å²) in [7, 11) is -3.94. The molecule has 162 valence electrons. The lowest BCUT2D eigenvalue weighted by molar-refractivity contribution is -0.114. The fourth-order valence-corrected chi connectivity index (χ4v) is 4.96. The molecule has 3 aromatic rings. The van der Waals surface area contributed by atoms with Crippen molar-refractivity contribution in [3.8, 4) is 0 Å². The molecule has 3 rings (SSSR count). The Morgan fingerprint density at radius 2 is 1.61 bits per heavy atom. The van der Waals surface area contributed by atoms with E-state index in [-0.39, 0.29) is 11.4 Å². The first-order valence-electron chi connectivity index (χ1n) is 9.95. The Labute approximate surface area is 192 Å². The largest absolute Gasteiger partial charge is 0.324 e. The fraction of sp³-hybridized carbons (Fsp3) is 0.208. The number of para-hydroxylation sites is 1. The number of amides is 1. The molecule has 0 aromatic heterocycles. The zero-order chi connectivity index (χ0) is 22.6. The maximum atomic E-state index is 13.4. The lowest BCUT2D eigenvalue weighted by Gasteiger charge is -2.25. The molecule has 31 heavy (non-hydrogen) atoms. The van der Waals surface area contributed by atoms with Gasteiger partial charge in [-0.1, -0.05) is 58.7 Å². The quantitative estimate of drug-likeness (QED) is 0.468. The predicted molar refractivity (Wildman–Crippen MR) is 129 cm³/mol. The van der Waals surface area contributed by atoms with Crippen LogP contribution in [-0.2, 0) is 21.2 Å². The Hall–Kier alpha value is -2.64. The number of nitrogens with zero attached hydrogens (tertiary/aromatic N) is 1. The van der Waals surface area contributed by atoms with Crippen molar-refractivity contribution in [2.45, 2.75) is 32.1 Å². The van der Waals surface area contributed by atoms with Gasteiger partial charge in [0.2, 0.25) is 5.91 Å². The van der Waals surface area contributed by atoms with E-state index in [4.69, 9.17) is 0 Å². The second-order valence-corrected chi connectivity index (χ2v) is 10.1. The molecule has 0 radical (unpaired) electrons. The summed E-state index contributed by atoms with van der Waals surface area (Å²) in [5, 5.41) is 2.92. The molecule has 0 saturated heterocycles. The van der Waals surface area contributed by atoms with E-state index in [1.165, 1.54) is 0 Å². The molecule has 0 aliphatic heterocycles. The van der Waals surface area contributed by atoms with Crippen LogP contribution >= 0.6 is 15.9 Å². The van der Waals surface area contributed by atoms with Crippen molar-refractivity contribution in [1.29, 1.82) is 0 Å². The highest BCUT2D eigenvalue weighted by Crippen LogP contribution is 2.26. The summed E-state index contributed by atoms with van der Waals surface area (Å²) >= 11 is 3.37. The lowest BCUT2D eigenvalue weighted by atomic mass is 10.1. The number of aryl methyl sites for hydroxylation is 3. The zero-order valence-electron chi connectivity index (χ0n) is 17.7. The first kappa shape index (κ1) is 23.0. The molecule has 0 atom stereocenters. The van der Waals surface area contributed by atoms with Gasteiger partial charge >= 0.3 is 0 Å². The number of sulfonamides is 1. The van der Waals surface area contributed by atoms with E-state index in [1.807, 2.05) is 39.0 Å². The van der Waals surface area contributed by atoms with Gasteiger partial charge in [-0.2, -0.15) is 0 Å². The Morgan fingerprint density at radius 3 is 2.23 bits per heavy atom. The Morgan fingerprint density at radius 1 is 0.968 bits per heavy atom. The van der Waals surface area contributed by atoms with Gasteiger partial charge in [-0.25, -0.2) is 8.42 Å². The SMILES string of the molecule is CCc1cccc(C)c1NC(=O)CN(c1ccc(Br)cc1)S(=O)(=O)c1ccc(C)cc1. The van der Waals surface area contributed by atoms with Crippen molar-refractivity contribution in [1.82, 2.24) is 0 Å². The van der Waals surface area contributed by atoms with Crippen molar-refractivity contribution in [3.63, 3.8) is 0 Å². The summed E-state index contributed by atoms with van der Waals surface area (Å²) in [5.74, 6) is -0.400. The molecule has 0 spiro atoms. The summed E-state index contributed by atoms with van der Waals surface area (Å²) in [6.45, 7) is 5.49. The lowest BCUT2D eigenvalue weighted by Crippen LogP contribution is -2.38.